The topological polar surface area (TPSA) is 56.9 Å². The number of rotatable bonds is 4. The summed E-state index contributed by atoms with van der Waals surface area (Å²) in [6, 6.07) is 4.23. The Morgan fingerprint density at radius 2 is 1.96 bits per heavy atom. The summed E-state index contributed by atoms with van der Waals surface area (Å²) in [5, 5.41) is 5.61. The molecule has 1 aromatic carbocycles. The van der Waals surface area contributed by atoms with Crippen LogP contribution in [0.2, 0.25) is 0 Å². The highest BCUT2D eigenvalue weighted by Crippen LogP contribution is 2.53. The van der Waals surface area contributed by atoms with Gasteiger partial charge in [-0.3, -0.25) is 4.79 Å². The maximum Gasteiger partial charge on any atom is 0.403 e. The highest BCUT2D eigenvalue weighted by atomic mass is 19.4. The van der Waals surface area contributed by atoms with Gasteiger partial charge >= 0.3 is 6.18 Å². The molecule has 26 heavy (non-hydrogen) atoms. The predicted molar refractivity (Wildman–Crippen MR) is 91.3 cm³/mol. The first-order valence-electron chi connectivity index (χ1n) is 8.30. The van der Waals surface area contributed by atoms with Crippen LogP contribution in [0.3, 0.4) is 0 Å². The maximum absolute atomic E-state index is 14.5. The second kappa shape index (κ2) is 6.42. The van der Waals surface area contributed by atoms with Crippen LogP contribution >= 0.6 is 0 Å². The van der Waals surface area contributed by atoms with E-state index in [2.05, 4.69) is 15.6 Å². The Balaban J connectivity index is 2.32. The van der Waals surface area contributed by atoms with E-state index in [0.29, 0.717) is 6.42 Å². The molecule has 1 aliphatic rings. The molecule has 4 nitrogen and oxygen atoms in total. The lowest BCUT2D eigenvalue weighted by Crippen LogP contribution is -2.54. The maximum atomic E-state index is 14.5. The number of anilines is 2. The van der Waals surface area contributed by atoms with Crippen LogP contribution in [0, 0.1) is 5.82 Å². The van der Waals surface area contributed by atoms with E-state index in [0.717, 1.165) is 12.1 Å². The number of fused-ring (bicyclic) bond motifs is 2. The molecule has 3 N–H and O–H groups in total. The zero-order valence-electron chi connectivity index (χ0n) is 14.3. The number of aromatic nitrogens is 1. The van der Waals surface area contributed by atoms with Crippen molar-refractivity contribution >= 4 is 11.4 Å². The van der Waals surface area contributed by atoms with Crippen molar-refractivity contribution in [3.63, 3.8) is 0 Å². The molecule has 3 rings (SSSR count). The molecule has 2 heterocycles. The van der Waals surface area contributed by atoms with Crippen molar-refractivity contribution in [2.45, 2.75) is 37.9 Å². The van der Waals surface area contributed by atoms with Gasteiger partial charge < -0.3 is 15.6 Å². The Morgan fingerprint density at radius 1 is 1.23 bits per heavy atom. The van der Waals surface area contributed by atoms with Crippen LogP contribution in [0.15, 0.2) is 35.3 Å². The number of aromatic amines is 1. The largest absolute Gasteiger partial charge is 0.403 e. The number of H-pyrrole nitrogens is 1. The molecule has 0 saturated heterocycles. The van der Waals surface area contributed by atoms with Gasteiger partial charge in [0.05, 0.1) is 0 Å². The summed E-state index contributed by atoms with van der Waals surface area (Å²) < 4.78 is 57.3. The number of hydrogen-bond donors (Lipinski definition) is 3. The SMILES string of the molecule is CC[C@H](C)NCC1(C(F)(F)F)c2cc(F)ccc2Nc2c1cc[nH]c2=O. The molecule has 0 aliphatic carbocycles. The van der Waals surface area contributed by atoms with Crippen molar-refractivity contribution in [1.82, 2.24) is 10.3 Å². The van der Waals surface area contributed by atoms with E-state index >= 15 is 0 Å². The first-order chi connectivity index (χ1) is 12.2. The Bertz CT molecular complexity index is 877. The summed E-state index contributed by atoms with van der Waals surface area (Å²) in [4.78, 5) is 14.6. The van der Waals surface area contributed by atoms with E-state index in [1.54, 1.807) is 6.92 Å². The van der Waals surface area contributed by atoms with Crippen LogP contribution in [-0.4, -0.2) is 23.7 Å². The van der Waals surface area contributed by atoms with E-state index < -0.39 is 29.5 Å². The van der Waals surface area contributed by atoms with E-state index in [1.165, 1.54) is 18.3 Å². The third kappa shape index (κ3) is 2.78. The fourth-order valence-corrected chi connectivity index (χ4v) is 3.28. The van der Waals surface area contributed by atoms with Crippen molar-refractivity contribution in [1.29, 1.82) is 0 Å². The zero-order chi connectivity index (χ0) is 19.1. The van der Waals surface area contributed by atoms with Gasteiger partial charge in [0.15, 0.2) is 0 Å². The molecular formula is C18H19F4N3O. The van der Waals surface area contributed by atoms with Crippen molar-refractivity contribution in [3.8, 4) is 0 Å². The third-order valence-corrected chi connectivity index (χ3v) is 4.93. The number of alkyl halides is 3. The van der Waals surface area contributed by atoms with Crippen LogP contribution in [0.25, 0.3) is 0 Å². The number of hydrogen-bond acceptors (Lipinski definition) is 3. The van der Waals surface area contributed by atoms with Crippen molar-refractivity contribution < 1.29 is 17.6 Å². The average Bonchev–Trinajstić information content (AvgIpc) is 2.58. The van der Waals surface area contributed by atoms with Crippen molar-refractivity contribution in [3.05, 3.63) is 57.8 Å². The van der Waals surface area contributed by atoms with E-state index in [1.807, 2.05) is 6.92 Å². The lowest BCUT2D eigenvalue weighted by Gasteiger charge is -2.42. The van der Waals surface area contributed by atoms with Gasteiger partial charge in [-0.25, -0.2) is 4.39 Å². The third-order valence-electron chi connectivity index (χ3n) is 4.93. The van der Waals surface area contributed by atoms with E-state index in [-0.39, 0.29) is 28.5 Å². The summed E-state index contributed by atoms with van der Waals surface area (Å²) in [5.41, 5.74) is -3.76. The number of benzene rings is 1. The summed E-state index contributed by atoms with van der Waals surface area (Å²) in [7, 11) is 0. The standard InChI is InChI=1S/C18H19F4N3O/c1-3-10(2)24-9-17(18(20,21)22)12-6-7-23-16(26)15(12)25-14-5-4-11(19)8-13(14)17/h4-8,10,24-25H,3,9H2,1-2H3,(H,23,26)/t10-,17?/m0/s1. The smallest absolute Gasteiger partial charge is 0.351 e. The minimum absolute atomic E-state index is 0.0684. The van der Waals surface area contributed by atoms with Crippen molar-refractivity contribution in [2.24, 2.45) is 0 Å². The monoisotopic (exact) mass is 369 g/mol. The van der Waals surface area contributed by atoms with Crippen LogP contribution in [-0.2, 0) is 5.41 Å². The van der Waals surface area contributed by atoms with Gasteiger partial charge in [0, 0.05) is 30.0 Å². The van der Waals surface area contributed by atoms with Gasteiger partial charge in [0.25, 0.3) is 5.56 Å². The quantitative estimate of drug-likeness (QED) is 0.719. The predicted octanol–water partition coefficient (Wildman–Crippen LogP) is 3.81. The van der Waals surface area contributed by atoms with Gasteiger partial charge in [-0.05, 0) is 43.2 Å². The first-order valence-corrected chi connectivity index (χ1v) is 8.30. The molecule has 1 aliphatic heterocycles. The van der Waals surface area contributed by atoms with Gasteiger partial charge in [0.2, 0.25) is 0 Å². The molecule has 0 fully saturated rings. The van der Waals surface area contributed by atoms with E-state index in [9.17, 15) is 22.4 Å². The molecule has 2 atom stereocenters. The average molecular weight is 369 g/mol. The second-order valence-electron chi connectivity index (χ2n) is 6.50. The first kappa shape index (κ1) is 18.4. The van der Waals surface area contributed by atoms with Gasteiger partial charge in [-0.2, -0.15) is 13.2 Å². The van der Waals surface area contributed by atoms with Gasteiger partial charge in [-0.15, -0.1) is 0 Å². The Kier molecular flexibility index (Phi) is 4.56. The Hall–Kier alpha value is -2.35. The number of halogens is 4. The molecule has 140 valence electrons. The zero-order valence-corrected chi connectivity index (χ0v) is 14.3. The Labute approximate surface area is 147 Å². The van der Waals surface area contributed by atoms with Gasteiger partial charge in [0.1, 0.15) is 16.9 Å². The molecule has 0 radical (unpaired) electrons. The molecule has 0 spiro atoms. The summed E-state index contributed by atoms with van der Waals surface area (Å²) in [5.74, 6) is -0.768. The number of nitrogens with one attached hydrogen (secondary N) is 3. The summed E-state index contributed by atoms with van der Waals surface area (Å²) in [6.07, 6.45) is -2.94. The summed E-state index contributed by atoms with van der Waals surface area (Å²) >= 11 is 0. The molecule has 8 heteroatoms. The molecule has 0 amide bonds. The van der Waals surface area contributed by atoms with Crippen LogP contribution in [0.5, 0.6) is 0 Å². The fourth-order valence-electron chi connectivity index (χ4n) is 3.28. The minimum atomic E-state index is -4.75. The number of pyridine rings is 1. The molecule has 1 unspecified atom stereocenters. The van der Waals surface area contributed by atoms with E-state index in [4.69, 9.17) is 0 Å². The second-order valence-corrected chi connectivity index (χ2v) is 6.50. The molecule has 0 saturated carbocycles. The summed E-state index contributed by atoms with van der Waals surface area (Å²) in [6.45, 7) is 3.13. The molecule has 2 aromatic rings. The molecule has 1 aromatic heterocycles. The van der Waals surface area contributed by atoms with Gasteiger partial charge in [-0.1, -0.05) is 6.92 Å². The highest BCUT2D eigenvalue weighted by molar-refractivity contribution is 5.76. The van der Waals surface area contributed by atoms with Crippen LogP contribution in [0.4, 0.5) is 28.9 Å². The molecular weight excluding hydrogens is 350 g/mol. The van der Waals surface area contributed by atoms with Crippen molar-refractivity contribution in [2.75, 3.05) is 11.9 Å². The Morgan fingerprint density at radius 3 is 2.62 bits per heavy atom. The highest BCUT2D eigenvalue weighted by Gasteiger charge is 2.60. The van der Waals surface area contributed by atoms with Crippen LogP contribution in [0.1, 0.15) is 31.4 Å². The normalized spacial score (nSPS) is 20.1. The lowest BCUT2D eigenvalue weighted by molar-refractivity contribution is -0.177. The molecule has 0 bridgehead atoms. The fraction of sp³-hybridized carbons (Fsp3) is 0.389. The van der Waals surface area contributed by atoms with Crippen LogP contribution < -0.4 is 16.2 Å². The lowest BCUT2D eigenvalue weighted by atomic mass is 9.70. The minimum Gasteiger partial charge on any atom is -0.351 e.